The average molecular weight is 390 g/mol. The standard InChI is InChI=1S/C16H17ClFNO5S/c17-12-8-10(18)2-3-13(12)19-25(22,23)14-4-6-16(5-1-7-24-16)9-11(14)15(20)21/h2-3,8-9,14,19H,1,4-7H2,(H,20,21). The number of hydrogen-bond acceptors (Lipinski definition) is 4. The molecule has 1 spiro atoms. The van der Waals surface area contributed by atoms with Gasteiger partial charge in [-0.15, -0.1) is 0 Å². The second-order valence-electron chi connectivity index (χ2n) is 6.22. The third-order valence-electron chi connectivity index (χ3n) is 4.53. The molecule has 0 bridgehead atoms. The molecular formula is C16H17ClFNO5S. The van der Waals surface area contributed by atoms with Crippen molar-refractivity contribution in [1.29, 1.82) is 0 Å². The molecule has 1 saturated heterocycles. The largest absolute Gasteiger partial charge is 0.478 e. The van der Waals surface area contributed by atoms with Crippen LogP contribution in [0.25, 0.3) is 0 Å². The van der Waals surface area contributed by atoms with Crippen molar-refractivity contribution in [3.8, 4) is 0 Å². The number of nitrogens with one attached hydrogen (secondary N) is 1. The molecule has 136 valence electrons. The topological polar surface area (TPSA) is 92.7 Å². The molecule has 0 radical (unpaired) electrons. The van der Waals surface area contributed by atoms with Gasteiger partial charge in [-0.25, -0.2) is 17.6 Å². The van der Waals surface area contributed by atoms with Gasteiger partial charge in [0, 0.05) is 6.61 Å². The molecule has 1 aliphatic carbocycles. The maximum atomic E-state index is 13.1. The number of carboxylic acids is 1. The van der Waals surface area contributed by atoms with Gasteiger partial charge in [-0.05, 0) is 50.0 Å². The Hall–Kier alpha value is -1.64. The van der Waals surface area contributed by atoms with Gasteiger partial charge in [0.25, 0.3) is 0 Å². The van der Waals surface area contributed by atoms with Crippen molar-refractivity contribution < 1.29 is 27.4 Å². The summed E-state index contributed by atoms with van der Waals surface area (Å²) in [6, 6.07) is 3.25. The summed E-state index contributed by atoms with van der Waals surface area (Å²) in [5, 5.41) is 8.14. The average Bonchev–Trinajstić information content (AvgIpc) is 2.97. The maximum absolute atomic E-state index is 13.1. The molecule has 2 atom stereocenters. The van der Waals surface area contributed by atoms with Gasteiger partial charge in [0.15, 0.2) is 0 Å². The lowest BCUT2D eigenvalue weighted by Gasteiger charge is -2.33. The van der Waals surface area contributed by atoms with Gasteiger partial charge >= 0.3 is 5.97 Å². The second kappa shape index (κ2) is 6.59. The Bertz CT molecular complexity index is 833. The molecule has 25 heavy (non-hydrogen) atoms. The van der Waals surface area contributed by atoms with Crippen LogP contribution in [0.15, 0.2) is 29.8 Å². The van der Waals surface area contributed by atoms with E-state index in [1.165, 1.54) is 12.1 Å². The van der Waals surface area contributed by atoms with E-state index in [0.29, 0.717) is 19.4 Å². The quantitative estimate of drug-likeness (QED) is 0.825. The molecule has 1 aliphatic heterocycles. The smallest absolute Gasteiger partial charge is 0.332 e. The summed E-state index contributed by atoms with van der Waals surface area (Å²) >= 11 is 5.85. The van der Waals surface area contributed by atoms with Crippen molar-refractivity contribution >= 4 is 33.3 Å². The first-order valence-corrected chi connectivity index (χ1v) is 9.72. The Morgan fingerprint density at radius 3 is 2.76 bits per heavy atom. The van der Waals surface area contributed by atoms with Crippen molar-refractivity contribution in [2.24, 2.45) is 0 Å². The molecule has 6 nitrogen and oxygen atoms in total. The number of carbonyl (C=O) groups is 1. The molecule has 1 aromatic carbocycles. The van der Waals surface area contributed by atoms with Crippen LogP contribution in [0.4, 0.5) is 10.1 Å². The number of aliphatic carboxylic acids is 1. The van der Waals surface area contributed by atoms with E-state index in [1.807, 2.05) is 0 Å². The Balaban J connectivity index is 1.92. The fourth-order valence-electron chi connectivity index (χ4n) is 3.33. The molecule has 3 rings (SSSR count). The zero-order valence-corrected chi connectivity index (χ0v) is 14.7. The van der Waals surface area contributed by atoms with E-state index in [1.54, 1.807) is 0 Å². The zero-order valence-electron chi connectivity index (χ0n) is 13.2. The first-order valence-electron chi connectivity index (χ1n) is 7.79. The fourth-order valence-corrected chi connectivity index (χ4v) is 5.16. The number of rotatable bonds is 4. The molecule has 0 aromatic heterocycles. The van der Waals surface area contributed by atoms with E-state index in [0.717, 1.165) is 18.6 Å². The van der Waals surface area contributed by atoms with Crippen LogP contribution in [0.3, 0.4) is 0 Å². The van der Waals surface area contributed by atoms with Gasteiger partial charge in [-0.1, -0.05) is 11.6 Å². The predicted octanol–water partition coefficient (Wildman–Crippen LogP) is 2.94. The van der Waals surface area contributed by atoms with Crippen molar-refractivity contribution in [2.75, 3.05) is 11.3 Å². The Morgan fingerprint density at radius 1 is 1.40 bits per heavy atom. The van der Waals surface area contributed by atoms with Crippen LogP contribution in [0, 0.1) is 5.82 Å². The molecule has 9 heteroatoms. The summed E-state index contributed by atoms with van der Waals surface area (Å²) in [4.78, 5) is 11.6. The van der Waals surface area contributed by atoms with Crippen LogP contribution < -0.4 is 4.72 Å². The lowest BCUT2D eigenvalue weighted by molar-refractivity contribution is -0.133. The lowest BCUT2D eigenvalue weighted by atomic mass is 9.84. The predicted molar refractivity (Wildman–Crippen MR) is 90.6 cm³/mol. The van der Waals surface area contributed by atoms with Crippen LogP contribution in [0.5, 0.6) is 0 Å². The van der Waals surface area contributed by atoms with E-state index < -0.39 is 32.7 Å². The highest BCUT2D eigenvalue weighted by molar-refractivity contribution is 7.93. The van der Waals surface area contributed by atoms with Crippen molar-refractivity contribution in [2.45, 2.75) is 36.5 Å². The van der Waals surface area contributed by atoms with Gasteiger partial charge in [0.2, 0.25) is 10.0 Å². The number of hydrogen-bond donors (Lipinski definition) is 2. The van der Waals surface area contributed by atoms with Crippen LogP contribution in [0.2, 0.25) is 5.02 Å². The van der Waals surface area contributed by atoms with Crippen LogP contribution in [-0.2, 0) is 19.6 Å². The number of carboxylic acid groups (broad SMARTS) is 1. The highest BCUT2D eigenvalue weighted by atomic mass is 35.5. The Kier molecular flexibility index (Phi) is 4.78. The minimum absolute atomic E-state index is 0.00482. The summed E-state index contributed by atoms with van der Waals surface area (Å²) < 4.78 is 46.4. The number of benzene rings is 1. The SMILES string of the molecule is O=C(O)C1=CC2(CCCO2)CCC1S(=O)(=O)Nc1ccc(F)cc1Cl. The highest BCUT2D eigenvalue weighted by Gasteiger charge is 2.44. The molecule has 0 amide bonds. The zero-order chi connectivity index (χ0) is 18.2. The molecule has 1 aromatic rings. The molecule has 2 aliphatic rings. The van der Waals surface area contributed by atoms with Gasteiger partial charge in [0.1, 0.15) is 11.1 Å². The van der Waals surface area contributed by atoms with E-state index >= 15 is 0 Å². The minimum Gasteiger partial charge on any atom is -0.478 e. The molecular weight excluding hydrogens is 373 g/mol. The summed E-state index contributed by atoms with van der Waals surface area (Å²) in [6.07, 6.45) is 3.46. The third-order valence-corrected chi connectivity index (χ3v) is 6.59. The van der Waals surface area contributed by atoms with Crippen LogP contribution in [-0.4, -0.2) is 37.0 Å². The first-order chi connectivity index (χ1) is 11.7. The molecule has 0 saturated carbocycles. The Labute approximate surface area is 149 Å². The summed E-state index contributed by atoms with van der Waals surface area (Å²) in [5.41, 5.74) is -0.892. The van der Waals surface area contributed by atoms with E-state index in [4.69, 9.17) is 16.3 Å². The van der Waals surface area contributed by atoms with Gasteiger partial charge in [-0.2, -0.15) is 0 Å². The Morgan fingerprint density at radius 2 is 2.16 bits per heavy atom. The summed E-state index contributed by atoms with van der Waals surface area (Å²) in [7, 11) is -4.07. The number of sulfonamides is 1. The maximum Gasteiger partial charge on any atom is 0.332 e. The third kappa shape index (κ3) is 3.65. The van der Waals surface area contributed by atoms with Crippen LogP contribution in [0.1, 0.15) is 25.7 Å². The number of anilines is 1. The number of halogens is 2. The second-order valence-corrected chi connectivity index (χ2v) is 8.49. The molecule has 1 fully saturated rings. The van der Waals surface area contributed by atoms with Gasteiger partial charge < -0.3 is 9.84 Å². The fraction of sp³-hybridized carbons (Fsp3) is 0.438. The number of ether oxygens (including phenoxy) is 1. The highest BCUT2D eigenvalue weighted by Crippen LogP contribution is 2.40. The minimum atomic E-state index is -4.07. The van der Waals surface area contributed by atoms with E-state index in [-0.39, 0.29) is 22.7 Å². The summed E-state index contributed by atoms with van der Waals surface area (Å²) in [5.74, 6) is -1.90. The molecule has 2 unspecified atom stereocenters. The molecule has 2 N–H and O–H groups in total. The van der Waals surface area contributed by atoms with Crippen molar-refractivity contribution in [3.05, 3.63) is 40.7 Å². The van der Waals surface area contributed by atoms with E-state index in [9.17, 15) is 22.7 Å². The van der Waals surface area contributed by atoms with Crippen molar-refractivity contribution in [1.82, 2.24) is 0 Å². The van der Waals surface area contributed by atoms with Crippen molar-refractivity contribution in [3.63, 3.8) is 0 Å². The lowest BCUT2D eigenvalue weighted by Crippen LogP contribution is -2.41. The molecule has 1 heterocycles. The van der Waals surface area contributed by atoms with Crippen LogP contribution >= 0.6 is 11.6 Å². The normalized spacial score (nSPS) is 26.5. The monoisotopic (exact) mass is 389 g/mol. The first kappa shape index (κ1) is 18.2. The van der Waals surface area contributed by atoms with E-state index in [2.05, 4.69) is 4.72 Å². The van der Waals surface area contributed by atoms with Gasteiger partial charge in [0.05, 0.1) is 21.9 Å². The van der Waals surface area contributed by atoms with Gasteiger partial charge in [-0.3, -0.25) is 4.72 Å². The summed E-state index contributed by atoms with van der Waals surface area (Å²) in [6.45, 7) is 0.532.